The van der Waals surface area contributed by atoms with Crippen molar-refractivity contribution in [1.29, 1.82) is 5.41 Å². The van der Waals surface area contributed by atoms with Crippen LogP contribution in [0.25, 0.3) is 0 Å². The second-order valence-corrected chi connectivity index (χ2v) is 11.2. The predicted molar refractivity (Wildman–Crippen MR) is 139 cm³/mol. The number of rotatable bonds is 7. The molecule has 1 aromatic heterocycles. The molecular weight excluding hydrogens is 552 g/mol. The lowest BCUT2D eigenvalue weighted by molar-refractivity contribution is -0.150. The van der Waals surface area contributed by atoms with E-state index in [0.29, 0.717) is 43.7 Å². The number of nitrogens with zero attached hydrogens (tertiary/aromatic N) is 6. The Bertz CT molecular complexity index is 1370. The summed E-state index contributed by atoms with van der Waals surface area (Å²) in [6, 6.07) is -1.07. The highest BCUT2D eigenvalue weighted by Crippen LogP contribution is 2.41. The van der Waals surface area contributed by atoms with Gasteiger partial charge in [0.1, 0.15) is 17.1 Å². The Kier molecular flexibility index (Phi) is 6.89. The van der Waals surface area contributed by atoms with E-state index in [9.17, 15) is 29.5 Å². The molecule has 3 amide bonds. The minimum atomic E-state index is -1.33. The molecular formula is C21H24N10O6S2. The van der Waals surface area contributed by atoms with Crippen LogP contribution in [0.5, 0.6) is 0 Å². The van der Waals surface area contributed by atoms with Crippen molar-refractivity contribution in [3.8, 4) is 0 Å². The molecule has 0 unspecified atom stereocenters. The quantitative estimate of drug-likeness (QED) is 0.0516. The van der Waals surface area contributed by atoms with Crippen molar-refractivity contribution in [2.45, 2.75) is 17.8 Å². The van der Waals surface area contributed by atoms with Crippen LogP contribution < -0.4 is 16.8 Å². The van der Waals surface area contributed by atoms with E-state index >= 15 is 0 Å². The van der Waals surface area contributed by atoms with Crippen molar-refractivity contribution in [2.24, 2.45) is 16.8 Å². The number of amides is 3. The van der Waals surface area contributed by atoms with Gasteiger partial charge in [-0.25, -0.2) is 4.79 Å². The van der Waals surface area contributed by atoms with Gasteiger partial charge in [-0.15, -0.1) is 11.8 Å². The van der Waals surface area contributed by atoms with Crippen molar-refractivity contribution >= 4 is 63.8 Å². The number of aliphatic carboxylic acids is 1. The number of carboxylic acids is 1. The molecule has 5 heterocycles. The standard InChI is InChI=1S/C21H24N10O6S2/c22-20(23)30-5-8(6-30)4-29-2-1-9(16(29)33)3-10-7-38-18-12(17(34)31(18)13(10)19(35)36)25-15(32)11(27-37)14-26-21(24)39-28-14/h3,8,12,18,37H,1-2,4-7H2,(H3,22,23)(H,25,32)(H,35,36)(H2,24,26,28)/b9-3+,27-11-/t12-,18-/m1/s1. The summed E-state index contributed by atoms with van der Waals surface area (Å²) >= 11 is 2.03. The van der Waals surface area contributed by atoms with Gasteiger partial charge in [-0.2, -0.15) is 9.36 Å². The van der Waals surface area contributed by atoms with Crippen LogP contribution >= 0.6 is 23.3 Å². The third kappa shape index (κ3) is 4.76. The lowest BCUT2D eigenvalue weighted by atomic mass is 10.00. The molecule has 16 nitrogen and oxygen atoms in total. The van der Waals surface area contributed by atoms with E-state index in [4.69, 9.17) is 16.9 Å². The maximum Gasteiger partial charge on any atom is 0.352 e. The van der Waals surface area contributed by atoms with Gasteiger partial charge < -0.3 is 36.9 Å². The molecule has 2 atom stereocenters. The number of hydrogen-bond donors (Lipinski definition) is 6. The van der Waals surface area contributed by atoms with E-state index < -0.39 is 34.9 Å². The van der Waals surface area contributed by atoms with Crippen LogP contribution in [0.3, 0.4) is 0 Å². The van der Waals surface area contributed by atoms with Gasteiger partial charge in [0.15, 0.2) is 11.1 Å². The first-order valence-electron chi connectivity index (χ1n) is 11.7. The number of nitrogens with two attached hydrogens (primary N) is 2. The molecule has 18 heteroatoms. The Morgan fingerprint density at radius 2 is 2.05 bits per heavy atom. The fourth-order valence-corrected chi connectivity index (χ4v) is 6.61. The highest BCUT2D eigenvalue weighted by Gasteiger charge is 2.54. The zero-order chi connectivity index (χ0) is 28.0. The SMILES string of the molecule is N=C(N)N1CC(CN2CC/C(=C\C3=C(C(=O)O)N4C(=O)[C@@H](NC(=O)/C(=N\O)c5nsc(N)n5)[C@H]4SC3)C2=O)C1. The molecule has 8 N–H and O–H groups in total. The lowest BCUT2D eigenvalue weighted by Gasteiger charge is -2.49. The zero-order valence-electron chi connectivity index (χ0n) is 20.2. The van der Waals surface area contributed by atoms with E-state index in [2.05, 4.69) is 19.8 Å². The first-order chi connectivity index (χ1) is 18.6. The molecule has 0 aliphatic carbocycles. The molecule has 0 saturated carbocycles. The number of likely N-dealkylation sites (tertiary alicyclic amines) is 2. The fourth-order valence-electron chi connectivity index (χ4n) is 4.87. The van der Waals surface area contributed by atoms with Crippen LogP contribution in [0, 0.1) is 11.3 Å². The maximum atomic E-state index is 13.0. The number of carbonyl (C=O) groups excluding carboxylic acids is 3. The average molecular weight is 577 g/mol. The third-order valence-corrected chi connectivity index (χ3v) is 8.64. The summed E-state index contributed by atoms with van der Waals surface area (Å²) in [6.45, 7) is 2.24. The van der Waals surface area contributed by atoms with Gasteiger partial charge in [-0.05, 0) is 18.1 Å². The summed E-state index contributed by atoms with van der Waals surface area (Å²) in [7, 11) is 0. The number of thioether (sulfide) groups is 1. The van der Waals surface area contributed by atoms with Crippen molar-refractivity contribution in [2.75, 3.05) is 37.7 Å². The first kappa shape index (κ1) is 26.4. The lowest BCUT2D eigenvalue weighted by Crippen LogP contribution is -2.71. The average Bonchev–Trinajstić information content (AvgIpc) is 3.44. The third-order valence-electron chi connectivity index (χ3n) is 6.79. The summed E-state index contributed by atoms with van der Waals surface area (Å²) in [5.74, 6) is -2.89. The summed E-state index contributed by atoms with van der Waals surface area (Å²) < 4.78 is 3.81. The number of fused-ring (bicyclic) bond motifs is 1. The Balaban J connectivity index is 1.27. The van der Waals surface area contributed by atoms with E-state index in [-0.39, 0.29) is 40.2 Å². The topological polar surface area (TPSA) is 245 Å². The minimum Gasteiger partial charge on any atom is -0.477 e. The number of carbonyl (C=O) groups is 4. The number of aromatic nitrogens is 2. The number of carboxylic acid groups (broad SMARTS) is 1. The van der Waals surface area contributed by atoms with Crippen molar-refractivity contribution in [3.63, 3.8) is 0 Å². The van der Waals surface area contributed by atoms with E-state index in [1.165, 1.54) is 11.8 Å². The van der Waals surface area contributed by atoms with Gasteiger partial charge in [0.25, 0.3) is 11.8 Å². The normalized spacial score (nSPS) is 24.6. The van der Waals surface area contributed by atoms with Crippen LogP contribution in [-0.4, -0.2) is 113 Å². The number of β-lactam (4-membered cyclic amide) rings is 1. The Morgan fingerprint density at radius 1 is 1.31 bits per heavy atom. The van der Waals surface area contributed by atoms with Crippen LogP contribution in [-0.2, 0) is 19.2 Å². The van der Waals surface area contributed by atoms with E-state index in [1.54, 1.807) is 15.9 Å². The first-order valence-corrected chi connectivity index (χ1v) is 13.5. The highest BCUT2D eigenvalue weighted by atomic mass is 32.2. The van der Waals surface area contributed by atoms with E-state index in [1.807, 2.05) is 0 Å². The molecule has 1 aromatic rings. The second kappa shape index (κ2) is 10.2. The van der Waals surface area contributed by atoms with Crippen LogP contribution in [0.1, 0.15) is 12.2 Å². The maximum absolute atomic E-state index is 13.0. The zero-order valence-corrected chi connectivity index (χ0v) is 21.9. The fraction of sp³-hybridized carbons (Fsp3) is 0.429. The molecule has 0 bridgehead atoms. The number of allylic oxidation sites excluding steroid dienone is 1. The van der Waals surface area contributed by atoms with Gasteiger partial charge in [0, 0.05) is 55.0 Å². The molecule has 206 valence electrons. The van der Waals surface area contributed by atoms with Gasteiger partial charge in [0.2, 0.25) is 17.4 Å². The van der Waals surface area contributed by atoms with Gasteiger partial charge in [-0.1, -0.05) is 5.16 Å². The molecule has 4 aliphatic heterocycles. The molecule has 3 fully saturated rings. The number of hydrogen-bond acceptors (Lipinski definition) is 12. The number of guanidine groups is 1. The number of nitrogen functional groups attached to an aromatic ring is 1. The van der Waals surface area contributed by atoms with Crippen LogP contribution in [0.15, 0.2) is 28.1 Å². The predicted octanol–water partition coefficient (Wildman–Crippen LogP) is -1.98. The molecule has 0 radical (unpaired) electrons. The monoisotopic (exact) mass is 576 g/mol. The molecule has 0 aromatic carbocycles. The Hall–Kier alpha value is -4.19. The molecule has 39 heavy (non-hydrogen) atoms. The largest absolute Gasteiger partial charge is 0.477 e. The summed E-state index contributed by atoms with van der Waals surface area (Å²) in [5, 5.41) is 31.3. The van der Waals surface area contributed by atoms with Gasteiger partial charge in [-0.3, -0.25) is 24.7 Å². The Labute approximate surface area is 229 Å². The molecule has 3 saturated heterocycles. The molecule has 0 spiro atoms. The summed E-state index contributed by atoms with van der Waals surface area (Å²) in [5.41, 5.74) is 11.0. The second-order valence-electron chi connectivity index (χ2n) is 9.27. The van der Waals surface area contributed by atoms with Crippen molar-refractivity contribution < 1.29 is 29.5 Å². The van der Waals surface area contributed by atoms with Crippen molar-refractivity contribution in [3.05, 3.63) is 28.7 Å². The van der Waals surface area contributed by atoms with Gasteiger partial charge >= 0.3 is 5.97 Å². The Morgan fingerprint density at radius 3 is 2.67 bits per heavy atom. The smallest absolute Gasteiger partial charge is 0.352 e. The summed E-state index contributed by atoms with van der Waals surface area (Å²) in [6.07, 6.45) is 1.99. The van der Waals surface area contributed by atoms with Gasteiger partial charge in [0.05, 0.1) is 0 Å². The number of oxime groups is 1. The van der Waals surface area contributed by atoms with Crippen LogP contribution in [0.4, 0.5) is 5.13 Å². The van der Waals surface area contributed by atoms with Crippen LogP contribution in [0.2, 0.25) is 0 Å². The number of anilines is 1. The molecule has 4 aliphatic rings. The van der Waals surface area contributed by atoms with E-state index in [0.717, 1.165) is 16.4 Å². The summed E-state index contributed by atoms with van der Waals surface area (Å²) in [4.78, 5) is 59.1. The minimum absolute atomic E-state index is 0.00630. The van der Waals surface area contributed by atoms with Crippen molar-refractivity contribution in [1.82, 2.24) is 29.4 Å². The number of nitrogens with one attached hydrogen (secondary N) is 2. The molecule has 5 rings (SSSR count). The highest BCUT2D eigenvalue weighted by molar-refractivity contribution is 8.00.